The van der Waals surface area contributed by atoms with Crippen LogP contribution in [0, 0.1) is 12.8 Å². The van der Waals surface area contributed by atoms with Crippen LogP contribution in [0.3, 0.4) is 0 Å². The van der Waals surface area contributed by atoms with E-state index in [0.29, 0.717) is 38.5 Å². The number of halogens is 1. The van der Waals surface area contributed by atoms with E-state index in [1.54, 1.807) is 19.4 Å². The molecule has 3 aromatic heterocycles. The number of aromatic nitrogens is 3. The number of carbonyl (C=O) groups is 2. The highest BCUT2D eigenvalue weighted by Crippen LogP contribution is 2.35. The Bertz CT molecular complexity index is 1490. The van der Waals surface area contributed by atoms with Gasteiger partial charge in [0, 0.05) is 35.4 Å². The van der Waals surface area contributed by atoms with Gasteiger partial charge in [-0.15, -0.1) is 0 Å². The summed E-state index contributed by atoms with van der Waals surface area (Å²) >= 11 is 7.57. The number of Topliss-reactive ketones (excluding diaryl/α,β-unsaturated/α-hetero) is 1. The monoisotopic (exact) mass is 534 g/mol. The molecule has 9 heteroatoms. The van der Waals surface area contributed by atoms with Crippen LogP contribution in [0.25, 0.3) is 21.3 Å². The number of fused-ring (bicyclic) bond motifs is 1. The van der Waals surface area contributed by atoms with Crippen molar-refractivity contribution in [2.24, 2.45) is 5.92 Å². The minimum Gasteiger partial charge on any atom is -0.494 e. The number of thiazole rings is 1. The van der Waals surface area contributed by atoms with Crippen LogP contribution >= 0.6 is 22.9 Å². The van der Waals surface area contributed by atoms with Crippen molar-refractivity contribution < 1.29 is 14.3 Å². The number of hydrogen-bond donors (Lipinski definition) is 1. The molecule has 1 N–H and O–H groups in total. The molecule has 7 nitrogen and oxygen atoms in total. The summed E-state index contributed by atoms with van der Waals surface area (Å²) in [7, 11) is 1.55. The van der Waals surface area contributed by atoms with E-state index in [2.05, 4.69) is 32.4 Å². The van der Waals surface area contributed by atoms with Gasteiger partial charge in [0.25, 0.3) is 5.91 Å². The second kappa shape index (κ2) is 10.9. The Kier molecular flexibility index (Phi) is 7.48. The van der Waals surface area contributed by atoms with Crippen LogP contribution in [0.15, 0.2) is 42.7 Å². The van der Waals surface area contributed by atoms with Gasteiger partial charge < -0.3 is 4.74 Å². The van der Waals surface area contributed by atoms with Crippen LogP contribution in [0.5, 0.6) is 5.75 Å². The SMILES string of the molecule is COc1cnc(Cl)cc1-c1cc(C)ncc1C(=O)Nc1nc2ccc(CCC3CCCCC3=O)cc2s1. The summed E-state index contributed by atoms with van der Waals surface area (Å²) in [6.45, 7) is 1.86. The van der Waals surface area contributed by atoms with E-state index in [-0.39, 0.29) is 11.8 Å². The molecule has 3 heterocycles. The van der Waals surface area contributed by atoms with Crippen LogP contribution < -0.4 is 10.1 Å². The molecule has 0 spiro atoms. The van der Waals surface area contributed by atoms with Crippen molar-refractivity contribution >= 4 is 50.0 Å². The van der Waals surface area contributed by atoms with E-state index in [1.807, 2.05) is 19.1 Å². The standard InChI is InChI=1S/C28H27ClN4O3S/c1-16-11-19(20-13-26(29)31-15-24(20)36-2)21(14-30-16)27(35)33-28-32-22-10-8-17(12-25(22)37-28)7-9-18-5-3-4-6-23(18)34/h8,10-15,18H,3-7,9H2,1-2H3,(H,32,33,35). The normalized spacial score (nSPS) is 15.6. The van der Waals surface area contributed by atoms with E-state index in [1.165, 1.54) is 23.1 Å². The number of nitrogens with one attached hydrogen (secondary N) is 1. The molecule has 190 valence electrons. The lowest BCUT2D eigenvalue weighted by Gasteiger charge is -2.20. The number of benzene rings is 1. The fourth-order valence-corrected chi connectivity index (χ4v) is 5.88. The Labute approximate surface area is 224 Å². The van der Waals surface area contributed by atoms with Crippen molar-refractivity contribution in [3.63, 3.8) is 0 Å². The maximum atomic E-state index is 13.4. The quantitative estimate of drug-likeness (QED) is 0.266. The topological polar surface area (TPSA) is 94.1 Å². The lowest BCUT2D eigenvalue weighted by molar-refractivity contribution is -0.124. The molecule has 0 aliphatic heterocycles. The second-order valence-corrected chi connectivity index (χ2v) is 10.7. The Balaban J connectivity index is 1.36. The maximum absolute atomic E-state index is 13.4. The molecular formula is C28H27ClN4O3S. The molecular weight excluding hydrogens is 508 g/mol. The molecule has 1 unspecified atom stereocenters. The Morgan fingerprint density at radius 1 is 1.16 bits per heavy atom. The number of rotatable bonds is 7. The van der Waals surface area contributed by atoms with Crippen molar-refractivity contribution in [2.45, 2.75) is 45.4 Å². The first kappa shape index (κ1) is 25.3. The summed E-state index contributed by atoms with van der Waals surface area (Å²) in [5.41, 5.74) is 4.43. The first-order chi connectivity index (χ1) is 17.9. The average molecular weight is 535 g/mol. The molecule has 1 amide bonds. The van der Waals surface area contributed by atoms with Gasteiger partial charge in [0.2, 0.25) is 0 Å². The molecule has 0 bridgehead atoms. The largest absolute Gasteiger partial charge is 0.494 e. The average Bonchev–Trinajstić information content (AvgIpc) is 3.29. The molecule has 4 aromatic rings. The number of ether oxygens (including phenoxy) is 1. The van der Waals surface area contributed by atoms with Gasteiger partial charge in [0.1, 0.15) is 16.7 Å². The predicted molar refractivity (Wildman–Crippen MR) is 147 cm³/mol. The summed E-state index contributed by atoms with van der Waals surface area (Å²) in [4.78, 5) is 38.5. The van der Waals surface area contributed by atoms with Crippen molar-refractivity contribution in [1.29, 1.82) is 0 Å². The minimum absolute atomic E-state index is 0.187. The molecule has 37 heavy (non-hydrogen) atoms. The van der Waals surface area contributed by atoms with Gasteiger partial charge in [-0.25, -0.2) is 9.97 Å². The van der Waals surface area contributed by atoms with E-state index in [4.69, 9.17) is 16.3 Å². The van der Waals surface area contributed by atoms with Crippen LogP contribution in [0.2, 0.25) is 5.15 Å². The lowest BCUT2D eigenvalue weighted by atomic mass is 9.84. The van der Waals surface area contributed by atoms with Crippen molar-refractivity contribution in [3.05, 3.63) is 64.7 Å². The Hall–Kier alpha value is -3.36. The zero-order valence-electron chi connectivity index (χ0n) is 20.7. The summed E-state index contributed by atoms with van der Waals surface area (Å²) in [5, 5.41) is 3.74. The summed E-state index contributed by atoms with van der Waals surface area (Å²) < 4.78 is 6.45. The number of hydrogen-bond acceptors (Lipinski definition) is 7. The highest BCUT2D eigenvalue weighted by atomic mass is 35.5. The number of amides is 1. The number of pyridine rings is 2. The number of carbonyl (C=O) groups excluding carboxylic acids is 2. The predicted octanol–water partition coefficient (Wildman–Crippen LogP) is 6.67. The molecule has 1 atom stereocenters. The van der Waals surface area contributed by atoms with Crippen molar-refractivity contribution in [1.82, 2.24) is 15.0 Å². The summed E-state index contributed by atoms with van der Waals surface area (Å²) in [6.07, 6.45) is 8.73. The summed E-state index contributed by atoms with van der Waals surface area (Å²) in [5.74, 6) is 0.776. The number of anilines is 1. The second-order valence-electron chi connectivity index (χ2n) is 9.30. The number of nitrogens with zero attached hydrogens (tertiary/aromatic N) is 3. The van der Waals surface area contributed by atoms with Crippen LogP contribution in [-0.4, -0.2) is 33.8 Å². The number of ketones is 1. The van der Waals surface area contributed by atoms with Gasteiger partial charge >= 0.3 is 0 Å². The molecule has 1 aromatic carbocycles. The van der Waals surface area contributed by atoms with Crippen LogP contribution in [0.4, 0.5) is 5.13 Å². The third-order valence-corrected chi connectivity index (χ3v) is 7.91. The summed E-state index contributed by atoms with van der Waals surface area (Å²) in [6, 6.07) is 9.64. The van der Waals surface area contributed by atoms with Crippen LogP contribution in [-0.2, 0) is 11.2 Å². The fourth-order valence-electron chi connectivity index (χ4n) is 4.80. The number of methoxy groups -OCH3 is 1. The lowest BCUT2D eigenvalue weighted by Crippen LogP contribution is -2.19. The van der Waals surface area contributed by atoms with Gasteiger partial charge in [-0.1, -0.05) is 35.4 Å². The van der Waals surface area contributed by atoms with Crippen molar-refractivity contribution in [2.75, 3.05) is 12.4 Å². The third-order valence-electron chi connectivity index (χ3n) is 6.77. The third kappa shape index (κ3) is 5.65. The van der Waals surface area contributed by atoms with Crippen LogP contribution in [0.1, 0.15) is 53.7 Å². The highest BCUT2D eigenvalue weighted by Gasteiger charge is 2.22. The number of aryl methyl sites for hydroxylation is 2. The first-order valence-electron chi connectivity index (χ1n) is 12.3. The van der Waals surface area contributed by atoms with E-state index < -0.39 is 0 Å². The molecule has 1 saturated carbocycles. The van der Waals surface area contributed by atoms with Gasteiger partial charge in [0.05, 0.1) is 29.1 Å². The zero-order valence-corrected chi connectivity index (χ0v) is 22.3. The molecule has 1 fully saturated rings. The molecule has 5 rings (SSSR count). The van der Waals surface area contributed by atoms with E-state index in [0.717, 1.165) is 54.4 Å². The highest BCUT2D eigenvalue weighted by molar-refractivity contribution is 7.22. The Morgan fingerprint density at radius 2 is 2.03 bits per heavy atom. The van der Waals surface area contributed by atoms with Gasteiger partial charge in [-0.05, 0) is 62.4 Å². The van der Waals surface area contributed by atoms with Gasteiger partial charge in [-0.2, -0.15) is 0 Å². The Morgan fingerprint density at radius 3 is 2.84 bits per heavy atom. The fraction of sp³-hybridized carbons (Fsp3) is 0.321. The molecule has 1 aliphatic carbocycles. The maximum Gasteiger partial charge on any atom is 0.259 e. The molecule has 1 aliphatic rings. The minimum atomic E-state index is -0.326. The van der Waals surface area contributed by atoms with E-state index in [9.17, 15) is 9.59 Å². The molecule has 0 saturated heterocycles. The zero-order chi connectivity index (χ0) is 25.9. The smallest absolute Gasteiger partial charge is 0.259 e. The van der Waals surface area contributed by atoms with Gasteiger partial charge in [-0.3, -0.25) is 19.9 Å². The molecule has 0 radical (unpaired) electrons. The first-order valence-corrected chi connectivity index (χ1v) is 13.5. The van der Waals surface area contributed by atoms with Crippen molar-refractivity contribution in [3.8, 4) is 16.9 Å². The van der Waals surface area contributed by atoms with E-state index >= 15 is 0 Å². The van der Waals surface area contributed by atoms with Gasteiger partial charge in [0.15, 0.2) is 5.13 Å².